The van der Waals surface area contributed by atoms with E-state index < -0.39 is 17.6 Å². The van der Waals surface area contributed by atoms with Crippen molar-refractivity contribution in [2.24, 2.45) is 0 Å². The van der Waals surface area contributed by atoms with E-state index in [1.54, 1.807) is 23.3 Å². The van der Waals surface area contributed by atoms with Crippen LogP contribution in [0.2, 0.25) is 0 Å². The Morgan fingerprint density at radius 3 is 2.72 bits per heavy atom. The van der Waals surface area contributed by atoms with Crippen LogP contribution in [0, 0.1) is 0 Å². The lowest BCUT2D eigenvalue weighted by molar-refractivity contribution is -0.145. The molecule has 0 radical (unpaired) electrons. The second-order valence-electron chi connectivity index (χ2n) is 3.62. The maximum atomic E-state index is 12.4. The van der Waals surface area contributed by atoms with Crippen molar-refractivity contribution in [2.75, 3.05) is 0 Å². The Kier molecular flexibility index (Phi) is 3.14. The van der Waals surface area contributed by atoms with Gasteiger partial charge in [-0.25, -0.2) is 4.98 Å². The molecule has 2 heterocycles. The zero-order valence-corrected chi connectivity index (χ0v) is 9.03. The highest BCUT2D eigenvalue weighted by Gasteiger charge is 2.34. The van der Waals surface area contributed by atoms with E-state index >= 15 is 0 Å². The Morgan fingerprint density at radius 2 is 2.11 bits per heavy atom. The summed E-state index contributed by atoms with van der Waals surface area (Å²) in [5.41, 5.74) is -0.0842. The quantitative estimate of drug-likeness (QED) is 0.889. The maximum absolute atomic E-state index is 12.4. The molecule has 0 fully saturated rings. The number of alkyl halides is 3. The van der Waals surface area contributed by atoms with Crippen LogP contribution in [0.3, 0.4) is 0 Å². The molecule has 0 spiro atoms. The van der Waals surface area contributed by atoms with E-state index in [0.29, 0.717) is 5.56 Å². The molecule has 2 aromatic rings. The fourth-order valence-electron chi connectivity index (χ4n) is 1.44. The molecule has 0 aliphatic carbocycles. The van der Waals surface area contributed by atoms with Crippen LogP contribution >= 0.6 is 0 Å². The standard InChI is InChI=1S/C11H8F3N3O/c12-11(13,14)10-16-8(5-9(18)17-10)4-7-2-1-3-15-6-7/h1-3,5-6H,4H2,(H,16,17,18). The van der Waals surface area contributed by atoms with Gasteiger partial charge in [-0.1, -0.05) is 6.07 Å². The average molecular weight is 255 g/mol. The fraction of sp³-hybridized carbons (Fsp3) is 0.182. The third-order valence-electron chi connectivity index (χ3n) is 2.17. The molecule has 0 saturated carbocycles. The molecule has 18 heavy (non-hydrogen) atoms. The van der Waals surface area contributed by atoms with E-state index in [0.717, 1.165) is 6.07 Å². The Morgan fingerprint density at radius 1 is 1.33 bits per heavy atom. The SMILES string of the molecule is O=c1cc(Cc2cccnc2)nc(C(F)(F)F)[nH]1. The number of hydrogen-bond acceptors (Lipinski definition) is 3. The van der Waals surface area contributed by atoms with Crippen molar-refractivity contribution in [1.82, 2.24) is 15.0 Å². The average Bonchev–Trinajstić information content (AvgIpc) is 2.28. The van der Waals surface area contributed by atoms with Gasteiger partial charge in [0.25, 0.3) is 5.56 Å². The normalized spacial score (nSPS) is 11.5. The molecule has 0 unspecified atom stereocenters. The van der Waals surface area contributed by atoms with Gasteiger partial charge in [0.2, 0.25) is 5.82 Å². The van der Waals surface area contributed by atoms with Crippen LogP contribution in [0.5, 0.6) is 0 Å². The summed E-state index contributed by atoms with van der Waals surface area (Å²) in [6.45, 7) is 0. The van der Waals surface area contributed by atoms with Gasteiger partial charge in [0.15, 0.2) is 0 Å². The predicted octanol–water partition coefficient (Wildman–Crippen LogP) is 1.77. The Bertz CT molecular complexity index is 592. The smallest absolute Gasteiger partial charge is 0.303 e. The molecule has 0 atom stereocenters. The number of aromatic nitrogens is 3. The lowest BCUT2D eigenvalue weighted by Gasteiger charge is -2.07. The summed E-state index contributed by atoms with van der Waals surface area (Å²) in [5, 5.41) is 0. The molecule has 4 nitrogen and oxygen atoms in total. The van der Waals surface area contributed by atoms with E-state index in [2.05, 4.69) is 9.97 Å². The molecule has 7 heteroatoms. The number of aromatic amines is 1. The van der Waals surface area contributed by atoms with Gasteiger partial charge in [-0.05, 0) is 11.6 Å². The number of halogens is 3. The first-order valence-electron chi connectivity index (χ1n) is 5.01. The highest BCUT2D eigenvalue weighted by atomic mass is 19.4. The summed E-state index contributed by atoms with van der Waals surface area (Å²) in [7, 11) is 0. The molecular formula is C11H8F3N3O. The maximum Gasteiger partial charge on any atom is 0.449 e. The number of nitrogens with zero attached hydrogens (tertiary/aromatic N) is 2. The number of H-pyrrole nitrogens is 1. The highest BCUT2D eigenvalue weighted by molar-refractivity contribution is 5.18. The summed E-state index contributed by atoms with van der Waals surface area (Å²) in [5.74, 6) is -1.28. The lowest BCUT2D eigenvalue weighted by Crippen LogP contribution is -2.20. The van der Waals surface area contributed by atoms with E-state index in [9.17, 15) is 18.0 Å². The topological polar surface area (TPSA) is 58.6 Å². The number of rotatable bonds is 2. The minimum atomic E-state index is -4.66. The number of pyridine rings is 1. The first kappa shape index (κ1) is 12.3. The Hall–Kier alpha value is -2.18. The molecule has 2 aromatic heterocycles. The van der Waals surface area contributed by atoms with Crippen LogP contribution in [0.15, 0.2) is 35.4 Å². The van der Waals surface area contributed by atoms with Gasteiger partial charge >= 0.3 is 6.18 Å². The first-order chi connectivity index (χ1) is 8.45. The van der Waals surface area contributed by atoms with E-state index in [1.807, 2.05) is 0 Å². The van der Waals surface area contributed by atoms with Crippen molar-refractivity contribution in [3.8, 4) is 0 Å². The molecule has 2 rings (SSSR count). The van der Waals surface area contributed by atoms with Gasteiger partial charge in [0.1, 0.15) is 0 Å². The van der Waals surface area contributed by atoms with Crippen LogP contribution in [0.1, 0.15) is 17.1 Å². The summed E-state index contributed by atoms with van der Waals surface area (Å²) in [6, 6.07) is 4.40. The van der Waals surface area contributed by atoms with Crippen molar-refractivity contribution in [1.29, 1.82) is 0 Å². The summed E-state index contributed by atoms with van der Waals surface area (Å²) in [6.07, 6.45) is -1.48. The Labute approximate surface area is 99.5 Å². The third-order valence-corrected chi connectivity index (χ3v) is 2.17. The van der Waals surface area contributed by atoms with Crippen molar-refractivity contribution in [3.05, 3.63) is 58.0 Å². The van der Waals surface area contributed by atoms with Crippen LogP contribution in [-0.2, 0) is 12.6 Å². The molecule has 0 aliphatic rings. The first-order valence-corrected chi connectivity index (χ1v) is 5.01. The van der Waals surface area contributed by atoms with Crippen LogP contribution in [-0.4, -0.2) is 15.0 Å². The molecule has 0 bridgehead atoms. The molecule has 1 N–H and O–H groups in total. The van der Waals surface area contributed by atoms with Crippen LogP contribution in [0.25, 0.3) is 0 Å². The van der Waals surface area contributed by atoms with Crippen LogP contribution in [0.4, 0.5) is 13.2 Å². The summed E-state index contributed by atoms with van der Waals surface area (Å²) >= 11 is 0. The zero-order chi connectivity index (χ0) is 13.2. The molecular weight excluding hydrogens is 247 g/mol. The van der Waals surface area contributed by atoms with Crippen molar-refractivity contribution in [2.45, 2.75) is 12.6 Å². The van der Waals surface area contributed by atoms with Gasteiger partial charge in [-0.15, -0.1) is 0 Å². The minimum absolute atomic E-state index is 0.0547. The van der Waals surface area contributed by atoms with Gasteiger partial charge in [-0.3, -0.25) is 9.78 Å². The monoisotopic (exact) mass is 255 g/mol. The van der Waals surface area contributed by atoms with Crippen molar-refractivity contribution in [3.63, 3.8) is 0 Å². The Balaban J connectivity index is 2.35. The molecule has 0 aromatic carbocycles. The van der Waals surface area contributed by atoms with Gasteiger partial charge in [0.05, 0.1) is 5.69 Å². The molecule has 0 amide bonds. The third kappa shape index (κ3) is 2.93. The fourth-order valence-corrected chi connectivity index (χ4v) is 1.44. The van der Waals surface area contributed by atoms with Crippen molar-refractivity contribution < 1.29 is 13.2 Å². The van der Waals surface area contributed by atoms with Gasteiger partial charge < -0.3 is 4.98 Å². The lowest BCUT2D eigenvalue weighted by atomic mass is 10.1. The van der Waals surface area contributed by atoms with E-state index in [1.165, 1.54) is 6.20 Å². The molecule has 0 aliphatic heterocycles. The molecule has 94 valence electrons. The van der Waals surface area contributed by atoms with E-state index in [-0.39, 0.29) is 12.1 Å². The summed E-state index contributed by atoms with van der Waals surface area (Å²) < 4.78 is 37.3. The number of hydrogen-bond donors (Lipinski definition) is 1. The van der Waals surface area contributed by atoms with Crippen molar-refractivity contribution >= 4 is 0 Å². The van der Waals surface area contributed by atoms with Gasteiger partial charge in [0, 0.05) is 24.9 Å². The zero-order valence-electron chi connectivity index (χ0n) is 9.03. The van der Waals surface area contributed by atoms with Crippen LogP contribution < -0.4 is 5.56 Å². The highest BCUT2D eigenvalue weighted by Crippen LogP contribution is 2.25. The second kappa shape index (κ2) is 4.59. The van der Waals surface area contributed by atoms with Gasteiger partial charge in [-0.2, -0.15) is 13.2 Å². The van der Waals surface area contributed by atoms with E-state index in [4.69, 9.17) is 0 Å². The number of nitrogens with one attached hydrogen (secondary N) is 1. The largest absolute Gasteiger partial charge is 0.449 e. The minimum Gasteiger partial charge on any atom is -0.303 e. The second-order valence-corrected chi connectivity index (χ2v) is 3.62. The predicted molar refractivity (Wildman–Crippen MR) is 56.9 cm³/mol. The molecule has 0 saturated heterocycles. The summed E-state index contributed by atoms with van der Waals surface area (Å²) in [4.78, 5) is 20.0.